The normalized spacial score (nSPS) is 11.3. The monoisotopic (exact) mass is 673 g/mol. The van der Waals surface area contributed by atoms with Crippen LogP contribution in [-0.2, 0) is 17.7 Å². The standard InChI is InChI=1S/C34H29NO10P2/c1-39-33-17-8-9-18-34(33)45-47(43-31-16-7-4-13-27(31)23-38)44-32-19-10-20-35-28(32)24-40-46(41-29-14-5-2-11-25(29)21-36)42-30-15-6-3-12-26(30)22-37/h2-22,38H,23-24H2,1H3. The smallest absolute Gasteiger partial charge is 0.493 e. The summed E-state index contributed by atoms with van der Waals surface area (Å²) in [4.78, 5) is 27.8. The summed E-state index contributed by atoms with van der Waals surface area (Å²) in [5.41, 5.74) is 1.46. The molecule has 0 aliphatic heterocycles. The fraction of sp³-hybridized carbons (Fsp3) is 0.0882. The quantitative estimate of drug-likeness (QED) is 0.0764. The lowest BCUT2D eigenvalue weighted by Crippen LogP contribution is -2.08. The predicted molar refractivity (Wildman–Crippen MR) is 175 cm³/mol. The van der Waals surface area contributed by atoms with Crippen molar-refractivity contribution in [3.8, 4) is 34.5 Å². The van der Waals surface area contributed by atoms with E-state index in [4.69, 9.17) is 31.9 Å². The van der Waals surface area contributed by atoms with Gasteiger partial charge in [0, 0.05) is 11.8 Å². The van der Waals surface area contributed by atoms with Crippen LogP contribution in [0.15, 0.2) is 115 Å². The molecular formula is C34H29NO10P2. The molecule has 11 nitrogen and oxygen atoms in total. The number of hydrogen-bond acceptors (Lipinski definition) is 11. The van der Waals surface area contributed by atoms with Gasteiger partial charge in [0.2, 0.25) is 0 Å². The Morgan fingerprint density at radius 1 is 0.596 bits per heavy atom. The Balaban J connectivity index is 1.41. The summed E-state index contributed by atoms with van der Waals surface area (Å²) in [5, 5.41) is 9.87. The Morgan fingerprint density at radius 2 is 1.09 bits per heavy atom. The highest BCUT2D eigenvalue weighted by molar-refractivity contribution is 7.43. The molecule has 5 rings (SSSR count). The maximum Gasteiger partial charge on any atom is 0.530 e. The molecule has 0 amide bonds. The Kier molecular flexibility index (Phi) is 12.1. The maximum absolute atomic E-state index is 11.7. The molecule has 4 aromatic carbocycles. The Morgan fingerprint density at radius 3 is 1.70 bits per heavy atom. The van der Waals surface area contributed by atoms with E-state index in [0.717, 1.165) is 0 Å². The zero-order valence-corrected chi connectivity index (χ0v) is 26.8. The second-order valence-electron chi connectivity index (χ2n) is 9.35. The fourth-order valence-corrected chi connectivity index (χ4v) is 6.11. The number of carbonyl (C=O) groups is 2. The number of methoxy groups -OCH3 is 1. The van der Waals surface area contributed by atoms with Crippen LogP contribution in [0.25, 0.3) is 0 Å². The largest absolute Gasteiger partial charge is 0.530 e. The predicted octanol–water partition coefficient (Wildman–Crippen LogP) is 7.87. The van der Waals surface area contributed by atoms with E-state index in [1.165, 1.54) is 7.11 Å². The summed E-state index contributed by atoms with van der Waals surface area (Å²) in [6.45, 7) is -0.427. The molecule has 1 unspecified atom stereocenters. The molecular weight excluding hydrogens is 644 g/mol. The van der Waals surface area contributed by atoms with Gasteiger partial charge in [0.1, 0.15) is 29.5 Å². The molecule has 47 heavy (non-hydrogen) atoms. The van der Waals surface area contributed by atoms with Gasteiger partial charge < -0.3 is 32.5 Å². The zero-order valence-electron chi connectivity index (χ0n) is 25.0. The lowest BCUT2D eigenvalue weighted by atomic mass is 10.2. The first-order valence-electron chi connectivity index (χ1n) is 14.1. The number of aromatic nitrogens is 1. The van der Waals surface area contributed by atoms with Gasteiger partial charge >= 0.3 is 17.2 Å². The van der Waals surface area contributed by atoms with E-state index in [-0.39, 0.29) is 41.6 Å². The lowest BCUT2D eigenvalue weighted by Gasteiger charge is -2.22. The summed E-state index contributed by atoms with van der Waals surface area (Å²) in [6, 6.07) is 30.6. The average molecular weight is 674 g/mol. The number of hydrogen-bond donors (Lipinski definition) is 1. The van der Waals surface area contributed by atoms with Gasteiger partial charge in [-0.15, -0.1) is 0 Å². The molecule has 0 radical (unpaired) electrons. The van der Waals surface area contributed by atoms with Crippen LogP contribution in [0.4, 0.5) is 0 Å². The summed E-state index contributed by atoms with van der Waals surface area (Å²) in [5.74, 6) is 1.94. The summed E-state index contributed by atoms with van der Waals surface area (Å²) >= 11 is 0. The van der Waals surface area contributed by atoms with E-state index >= 15 is 0 Å². The van der Waals surface area contributed by atoms with Crippen molar-refractivity contribution in [1.82, 2.24) is 4.98 Å². The molecule has 1 heterocycles. The first kappa shape index (κ1) is 33.3. The topological polar surface area (TPSA) is 132 Å². The lowest BCUT2D eigenvalue weighted by molar-refractivity contribution is 0.111. The van der Waals surface area contributed by atoms with Crippen molar-refractivity contribution in [1.29, 1.82) is 0 Å². The molecule has 0 saturated carbocycles. The van der Waals surface area contributed by atoms with Crippen LogP contribution in [-0.4, -0.2) is 29.8 Å². The van der Waals surface area contributed by atoms with Gasteiger partial charge in [-0.05, 0) is 54.6 Å². The molecule has 1 aromatic heterocycles. The van der Waals surface area contributed by atoms with E-state index in [2.05, 4.69) is 4.98 Å². The van der Waals surface area contributed by atoms with Gasteiger partial charge in [-0.25, -0.2) is 0 Å². The molecule has 13 heteroatoms. The molecule has 1 N–H and O–H groups in total. The maximum atomic E-state index is 11.7. The Hall–Kier alpha value is -5.05. The van der Waals surface area contributed by atoms with Crippen molar-refractivity contribution < 1.29 is 46.6 Å². The summed E-state index contributed by atoms with van der Waals surface area (Å²) < 4.78 is 42.1. The van der Waals surface area contributed by atoms with Crippen LogP contribution in [0.3, 0.4) is 0 Å². The van der Waals surface area contributed by atoms with Crippen LogP contribution in [0.1, 0.15) is 32.0 Å². The number of aliphatic hydroxyl groups is 1. The fourth-order valence-electron chi connectivity index (χ4n) is 4.00. The molecule has 1 atom stereocenters. The second-order valence-corrected chi connectivity index (χ2v) is 11.4. The van der Waals surface area contributed by atoms with Gasteiger partial charge in [0.05, 0.1) is 24.8 Å². The van der Waals surface area contributed by atoms with Crippen LogP contribution in [0, 0.1) is 0 Å². The minimum atomic E-state index is -2.22. The number of aliphatic hydroxyl groups excluding tert-OH is 1. The number of pyridine rings is 1. The first-order chi connectivity index (χ1) is 23.1. The second kappa shape index (κ2) is 17.0. The molecule has 0 aliphatic rings. The number of ether oxygens (including phenoxy) is 1. The van der Waals surface area contributed by atoms with E-state index in [0.29, 0.717) is 41.1 Å². The van der Waals surface area contributed by atoms with E-state index in [9.17, 15) is 14.7 Å². The highest BCUT2D eigenvalue weighted by Crippen LogP contribution is 2.48. The molecule has 0 fully saturated rings. The number of benzene rings is 4. The first-order valence-corrected chi connectivity index (χ1v) is 16.3. The SMILES string of the molecule is COc1ccccc1OP(Oc1ccccc1CO)Oc1cccnc1COP(Oc1ccccc1C=O)Oc1ccccc1C=O. The van der Waals surface area contributed by atoms with Crippen LogP contribution in [0.5, 0.6) is 34.5 Å². The molecule has 5 aromatic rings. The van der Waals surface area contributed by atoms with Gasteiger partial charge in [0.15, 0.2) is 29.8 Å². The van der Waals surface area contributed by atoms with E-state index < -0.39 is 17.2 Å². The third-order valence-electron chi connectivity index (χ3n) is 6.32. The number of rotatable bonds is 17. The highest BCUT2D eigenvalue weighted by atomic mass is 31.2. The average Bonchev–Trinajstić information content (AvgIpc) is 3.12. The summed E-state index contributed by atoms with van der Waals surface area (Å²) in [6.07, 6.45) is 2.88. The molecule has 0 saturated heterocycles. The minimum Gasteiger partial charge on any atom is -0.493 e. The highest BCUT2D eigenvalue weighted by Gasteiger charge is 2.26. The van der Waals surface area contributed by atoms with Crippen LogP contribution < -0.4 is 27.4 Å². The molecule has 0 spiro atoms. The molecule has 0 bridgehead atoms. The third kappa shape index (κ3) is 9.03. The summed E-state index contributed by atoms with van der Waals surface area (Å²) in [7, 11) is -2.89. The van der Waals surface area contributed by atoms with Crippen LogP contribution in [0.2, 0.25) is 0 Å². The van der Waals surface area contributed by atoms with Crippen molar-refractivity contribution in [2.75, 3.05) is 7.11 Å². The van der Waals surface area contributed by atoms with Gasteiger partial charge in [0.25, 0.3) is 0 Å². The number of carbonyl (C=O) groups excluding carboxylic acids is 2. The van der Waals surface area contributed by atoms with Gasteiger partial charge in [-0.2, -0.15) is 0 Å². The Labute approximate surface area is 273 Å². The van der Waals surface area contributed by atoms with Crippen molar-refractivity contribution in [3.63, 3.8) is 0 Å². The Bertz CT molecular complexity index is 1690. The van der Waals surface area contributed by atoms with Crippen LogP contribution >= 0.6 is 17.2 Å². The zero-order chi connectivity index (χ0) is 32.8. The van der Waals surface area contributed by atoms with E-state index in [1.807, 2.05) is 0 Å². The molecule has 240 valence electrons. The van der Waals surface area contributed by atoms with Crippen molar-refractivity contribution in [2.45, 2.75) is 13.2 Å². The number of para-hydroxylation sites is 5. The van der Waals surface area contributed by atoms with Crippen molar-refractivity contribution in [2.24, 2.45) is 0 Å². The van der Waals surface area contributed by atoms with Crippen molar-refractivity contribution in [3.05, 3.63) is 138 Å². The molecule has 0 aliphatic carbocycles. The minimum absolute atomic E-state index is 0.167. The number of nitrogens with zero attached hydrogens (tertiary/aromatic N) is 1. The van der Waals surface area contributed by atoms with Gasteiger partial charge in [-0.1, -0.05) is 54.6 Å². The number of aldehydes is 2. The van der Waals surface area contributed by atoms with Crippen molar-refractivity contribution >= 4 is 29.8 Å². The third-order valence-corrected chi connectivity index (χ3v) is 8.39. The van der Waals surface area contributed by atoms with Gasteiger partial charge in [-0.3, -0.25) is 19.1 Å². The van der Waals surface area contributed by atoms with E-state index in [1.54, 1.807) is 115 Å².